The van der Waals surface area contributed by atoms with E-state index in [1.165, 1.54) is 36.8 Å². The largest absolute Gasteiger partial charge is 0.355 e. The SMILES string of the molecule is CCCCCCN1C(=N)N(CC(=O)NCCCCNC(=O)CN2C[C@H](Cc3ccccc3)N(CCCCCC)C2=N)C[C@@H]1Cc1ccccc1. The molecule has 2 aliphatic rings. The Balaban J connectivity index is 1.15. The van der Waals surface area contributed by atoms with Crippen molar-refractivity contribution in [1.82, 2.24) is 30.2 Å². The van der Waals surface area contributed by atoms with E-state index in [4.69, 9.17) is 10.8 Å². The fourth-order valence-electron chi connectivity index (χ4n) is 7.15. The first-order chi connectivity index (χ1) is 24.4. The lowest BCUT2D eigenvalue weighted by Crippen LogP contribution is -2.41. The van der Waals surface area contributed by atoms with Gasteiger partial charge in [-0.3, -0.25) is 20.4 Å². The maximum absolute atomic E-state index is 12.9. The third kappa shape index (κ3) is 12.4. The Kier molecular flexibility index (Phi) is 16.4. The molecule has 2 saturated heterocycles. The van der Waals surface area contributed by atoms with E-state index in [-0.39, 0.29) is 37.0 Å². The molecule has 10 nitrogen and oxygen atoms in total. The van der Waals surface area contributed by atoms with Crippen LogP contribution in [0.1, 0.15) is 89.2 Å². The van der Waals surface area contributed by atoms with Crippen molar-refractivity contribution in [3.63, 3.8) is 0 Å². The van der Waals surface area contributed by atoms with Crippen LogP contribution in [0.15, 0.2) is 60.7 Å². The summed E-state index contributed by atoms with van der Waals surface area (Å²) in [5, 5.41) is 23.8. The molecule has 2 aliphatic heterocycles. The molecule has 0 aromatic heterocycles. The number of carbonyl (C=O) groups excluding carboxylic acids is 2. The molecule has 10 heteroatoms. The fraction of sp³-hybridized carbons (Fsp3) is 0.600. The molecule has 2 aromatic carbocycles. The Morgan fingerprint density at radius 3 is 1.38 bits per heavy atom. The Bertz CT molecular complexity index is 1220. The number of hydrogen-bond acceptors (Lipinski definition) is 4. The second kappa shape index (κ2) is 21.2. The highest BCUT2D eigenvalue weighted by molar-refractivity contribution is 5.87. The van der Waals surface area contributed by atoms with Gasteiger partial charge in [-0.25, -0.2) is 0 Å². The van der Waals surface area contributed by atoms with E-state index in [2.05, 4.69) is 82.8 Å². The minimum absolute atomic E-state index is 0.0677. The molecule has 0 saturated carbocycles. The zero-order valence-electron chi connectivity index (χ0n) is 30.7. The molecule has 2 heterocycles. The second-order valence-corrected chi connectivity index (χ2v) is 14.0. The summed E-state index contributed by atoms with van der Waals surface area (Å²) in [6, 6.07) is 21.2. The summed E-state index contributed by atoms with van der Waals surface area (Å²) in [5.74, 6) is 0.776. The summed E-state index contributed by atoms with van der Waals surface area (Å²) in [7, 11) is 0. The third-order valence-corrected chi connectivity index (χ3v) is 9.94. The van der Waals surface area contributed by atoms with Crippen molar-refractivity contribution < 1.29 is 9.59 Å². The molecule has 50 heavy (non-hydrogen) atoms. The normalized spacial score (nSPS) is 17.6. The van der Waals surface area contributed by atoms with E-state index in [1.54, 1.807) is 0 Å². The minimum Gasteiger partial charge on any atom is -0.355 e. The maximum Gasteiger partial charge on any atom is 0.239 e. The van der Waals surface area contributed by atoms with Crippen LogP contribution in [-0.4, -0.2) is 108 Å². The van der Waals surface area contributed by atoms with Crippen molar-refractivity contribution in [3.8, 4) is 0 Å². The molecule has 0 unspecified atom stereocenters. The molecular formula is C40H62N8O2. The average Bonchev–Trinajstić information content (AvgIpc) is 3.56. The zero-order chi connectivity index (χ0) is 35.6. The second-order valence-electron chi connectivity index (χ2n) is 14.0. The number of hydrogen-bond donors (Lipinski definition) is 4. The van der Waals surface area contributed by atoms with Crippen molar-refractivity contribution in [2.24, 2.45) is 0 Å². The average molecular weight is 687 g/mol. The van der Waals surface area contributed by atoms with Crippen LogP contribution in [0, 0.1) is 10.8 Å². The predicted octanol–water partition coefficient (Wildman–Crippen LogP) is 5.49. The van der Waals surface area contributed by atoms with E-state index >= 15 is 0 Å². The number of guanidine groups is 2. The van der Waals surface area contributed by atoms with Gasteiger partial charge in [0.2, 0.25) is 11.8 Å². The molecule has 4 rings (SSSR count). The van der Waals surface area contributed by atoms with Gasteiger partial charge < -0.3 is 30.2 Å². The van der Waals surface area contributed by atoms with Gasteiger partial charge in [0.05, 0.1) is 25.2 Å². The van der Waals surface area contributed by atoms with Crippen LogP contribution in [-0.2, 0) is 22.4 Å². The van der Waals surface area contributed by atoms with Crippen molar-refractivity contribution in [2.75, 3.05) is 52.4 Å². The van der Waals surface area contributed by atoms with Crippen LogP contribution in [0.2, 0.25) is 0 Å². The van der Waals surface area contributed by atoms with Gasteiger partial charge in [-0.05, 0) is 49.7 Å². The molecule has 0 spiro atoms. The van der Waals surface area contributed by atoms with Crippen LogP contribution in [0.3, 0.4) is 0 Å². The molecule has 2 aromatic rings. The minimum atomic E-state index is -0.0677. The number of benzene rings is 2. The fourth-order valence-corrected chi connectivity index (χ4v) is 7.15. The summed E-state index contributed by atoms with van der Waals surface area (Å²) < 4.78 is 0. The quantitative estimate of drug-likeness (QED) is 0.115. The number of amides is 2. The van der Waals surface area contributed by atoms with Gasteiger partial charge in [-0.2, -0.15) is 0 Å². The van der Waals surface area contributed by atoms with Crippen LogP contribution < -0.4 is 10.6 Å². The van der Waals surface area contributed by atoms with E-state index in [9.17, 15) is 9.59 Å². The molecule has 4 N–H and O–H groups in total. The van der Waals surface area contributed by atoms with Gasteiger partial charge in [0.15, 0.2) is 11.9 Å². The molecule has 0 aliphatic carbocycles. The molecule has 2 fully saturated rings. The highest BCUT2D eigenvalue weighted by Gasteiger charge is 2.36. The molecular weight excluding hydrogens is 624 g/mol. The molecule has 2 atom stereocenters. The number of unbranched alkanes of at least 4 members (excludes halogenated alkanes) is 7. The number of rotatable bonds is 23. The summed E-state index contributed by atoms with van der Waals surface area (Å²) in [4.78, 5) is 34.0. The Hall–Kier alpha value is -4.08. The van der Waals surface area contributed by atoms with Crippen LogP contribution >= 0.6 is 0 Å². The Morgan fingerprint density at radius 2 is 1.00 bits per heavy atom. The maximum atomic E-state index is 12.9. The first-order valence-electron chi connectivity index (χ1n) is 19.2. The van der Waals surface area contributed by atoms with E-state index in [0.29, 0.717) is 38.1 Å². The van der Waals surface area contributed by atoms with Crippen LogP contribution in [0.25, 0.3) is 0 Å². The predicted molar refractivity (Wildman–Crippen MR) is 203 cm³/mol. The zero-order valence-corrected chi connectivity index (χ0v) is 30.7. The van der Waals surface area contributed by atoms with Crippen molar-refractivity contribution in [3.05, 3.63) is 71.8 Å². The summed E-state index contributed by atoms with van der Waals surface area (Å²) in [6.07, 6.45) is 12.5. The molecule has 0 radical (unpaired) electrons. The first-order valence-corrected chi connectivity index (χ1v) is 19.2. The van der Waals surface area contributed by atoms with E-state index in [0.717, 1.165) is 64.5 Å². The molecule has 0 bridgehead atoms. The third-order valence-electron chi connectivity index (χ3n) is 9.94. The van der Waals surface area contributed by atoms with Gasteiger partial charge >= 0.3 is 0 Å². The van der Waals surface area contributed by atoms with Crippen LogP contribution in [0.4, 0.5) is 0 Å². The monoisotopic (exact) mass is 686 g/mol. The lowest BCUT2D eigenvalue weighted by Gasteiger charge is -2.25. The Labute approximate surface area is 301 Å². The molecule has 274 valence electrons. The van der Waals surface area contributed by atoms with Crippen molar-refractivity contribution >= 4 is 23.7 Å². The first kappa shape index (κ1) is 38.7. The smallest absolute Gasteiger partial charge is 0.239 e. The highest BCUT2D eigenvalue weighted by Crippen LogP contribution is 2.22. The lowest BCUT2D eigenvalue weighted by molar-refractivity contribution is -0.122. The van der Waals surface area contributed by atoms with Gasteiger partial charge in [-0.15, -0.1) is 0 Å². The van der Waals surface area contributed by atoms with E-state index in [1.807, 2.05) is 21.9 Å². The number of carbonyl (C=O) groups is 2. The topological polar surface area (TPSA) is 119 Å². The van der Waals surface area contributed by atoms with Gasteiger partial charge in [0.25, 0.3) is 0 Å². The lowest BCUT2D eigenvalue weighted by atomic mass is 10.1. The standard InChI is InChI=1S/C40H62N8O2/c1-3-5-7-17-25-47-35(27-33-19-11-9-12-20-33)29-45(39(47)41)31-37(49)43-23-15-16-24-44-38(50)32-46-30-36(28-34-21-13-10-14-22-34)48(40(46)42)26-18-8-6-4-2/h9-14,19-22,35-36,41-42H,3-8,15-18,23-32H2,1-2H3,(H,43,49)(H,44,50)/t35-,36-/m0/s1. The summed E-state index contributed by atoms with van der Waals surface area (Å²) in [5.41, 5.74) is 2.51. The highest BCUT2D eigenvalue weighted by atomic mass is 16.2. The van der Waals surface area contributed by atoms with Gasteiger partial charge in [-0.1, -0.05) is 113 Å². The Morgan fingerprint density at radius 1 is 0.600 bits per heavy atom. The van der Waals surface area contributed by atoms with Crippen molar-refractivity contribution in [2.45, 2.75) is 103 Å². The summed E-state index contributed by atoms with van der Waals surface area (Å²) in [6.45, 7) is 8.93. The van der Waals surface area contributed by atoms with Gasteiger partial charge in [0.1, 0.15) is 0 Å². The number of nitrogens with one attached hydrogen (secondary N) is 4. The number of nitrogens with zero attached hydrogens (tertiary/aromatic N) is 4. The van der Waals surface area contributed by atoms with E-state index < -0.39 is 0 Å². The molecule has 2 amide bonds. The van der Waals surface area contributed by atoms with Crippen LogP contribution in [0.5, 0.6) is 0 Å². The van der Waals surface area contributed by atoms with Gasteiger partial charge in [0, 0.05) is 39.3 Å². The van der Waals surface area contributed by atoms with Crippen molar-refractivity contribution in [1.29, 1.82) is 10.8 Å². The summed E-state index contributed by atoms with van der Waals surface area (Å²) >= 11 is 0.